The van der Waals surface area contributed by atoms with E-state index in [1.54, 1.807) is 0 Å². The van der Waals surface area contributed by atoms with Crippen LogP contribution in [-0.4, -0.2) is 23.0 Å². The first-order valence-electron chi connectivity index (χ1n) is 7.44. The number of nitrogens with zero attached hydrogens (tertiary/aromatic N) is 1. The predicted molar refractivity (Wildman–Crippen MR) is 84.5 cm³/mol. The van der Waals surface area contributed by atoms with Gasteiger partial charge in [0, 0.05) is 35.6 Å². The van der Waals surface area contributed by atoms with Crippen molar-refractivity contribution in [2.24, 2.45) is 5.92 Å². The molecule has 0 radical (unpaired) electrons. The van der Waals surface area contributed by atoms with Crippen molar-refractivity contribution in [1.82, 2.24) is 9.88 Å². The van der Waals surface area contributed by atoms with Crippen molar-refractivity contribution in [2.75, 3.05) is 13.1 Å². The van der Waals surface area contributed by atoms with Gasteiger partial charge >= 0.3 is 0 Å². The number of hydrogen-bond acceptors (Lipinski definition) is 1. The van der Waals surface area contributed by atoms with Crippen molar-refractivity contribution < 1.29 is 0 Å². The molecule has 0 amide bonds. The average Bonchev–Trinajstić information content (AvgIpc) is 2.83. The third-order valence-corrected chi connectivity index (χ3v) is 4.90. The molecule has 3 aliphatic heterocycles. The van der Waals surface area contributed by atoms with Crippen LogP contribution in [0, 0.1) is 5.92 Å². The van der Waals surface area contributed by atoms with Crippen molar-refractivity contribution >= 4 is 16.5 Å². The molecule has 4 heterocycles. The van der Waals surface area contributed by atoms with Crippen LogP contribution in [0.1, 0.15) is 24.6 Å². The zero-order valence-corrected chi connectivity index (χ0v) is 11.9. The van der Waals surface area contributed by atoms with E-state index in [1.165, 1.54) is 46.3 Å². The van der Waals surface area contributed by atoms with Gasteiger partial charge in [0.2, 0.25) is 0 Å². The lowest BCUT2D eigenvalue weighted by Gasteiger charge is -2.38. The fraction of sp³-hybridized carbons (Fsp3) is 0.333. The summed E-state index contributed by atoms with van der Waals surface area (Å²) in [6.45, 7) is 9.90. The third-order valence-electron chi connectivity index (χ3n) is 4.90. The van der Waals surface area contributed by atoms with Crippen LogP contribution in [-0.2, 0) is 6.54 Å². The zero-order valence-electron chi connectivity index (χ0n) is 11.9. The first kappa shape index (κ1) is 12.0. The number of rotatable bonds is 0. The van der Waals surface area contributed by atoms with E-state index in [9.17, 15) is 0 Å². The van der Waals surface area contributed by atoms with Crippen LogP contribution in [0.4, 0.5) is 0 Å². The highest BCUT2D eigenvalue weighted by molar-refractivity contribution is 5.89. The van der Waals surface area contributed by atoms with Gasteiger partial charge in [-0.3, -0.25) is 4.90 Å². The lowest BCUT2D eigenvalue weighted by molar-refractivity contribution is 0.238. The molecular formula is C18H20N2. The molecule has 2 heteroatoms. The van der Waals surface area contributed by atoms with E-state index in [0.29, 0.717) is 5.92 Å². The molecule has 20 heavy (non-hydrogen) atoms. The third kappa shape index (κ3) is 1.61. The molecule has 1 aromatic carbocycles. The average molecular weight is 264 g/mol. The Kier molecular flexibility index (Phi) is 2.61. The molecule has 1 aromatic heterocycles. The highest BCUT2D eigenvalue weighted by Crippen LogP contribution is 2.40. The minimum atomic E-state index is 0.517. The van der Waals surface area contributed by atoms with Gasteiger partial charge in [-0.25, -0.2) is 0 Å². The number of aromatic amines is 1. The van der Waals surface area contributed by atoms with E-state index in [-0.39, 0.29) is 0 Å². The van der Waals surface area contributed by atoms with E-state index >= 15 is 0 Å². The number of H-pyrrole nitrogens is 1. The van der Waals surface area contributed by atoms with Crippen LogP contribution in [0.15, 0.2) is 42.5 Å². The Morgan fingerprint density at radius 1 is 1.30 bits per heavy atom. The molecule has 5 rings (SSSR count). The van der Waals surface area contributed by atoms with Crippen molar-refractivity contribution in [3.05, 3.63) is 53.8 Å². The standard InChI is InChI=1S/C18H20N2/c1-3-13-10-20-9-8-14(13)12(2)18-16(11-20)15-6-4-5-7-17(15)19-18/h3-7,14,19H,2,8-11H2,1H3/b13-3-/t14-/m0/s1. The largest absolute Gasteiger partial charge is 0.355 e. The number of benzene rings is 1. The Morgan fingerprint density at radius 3 is 3.00 bits per heavy atom. The summed E-state index contributed by atoms with van der Waals surface area (Å²) in [5, 5.41) is 1.36. The Labute approximate surface area is 119 Å². The summed E-state index contributed by atoms with van der Waals surface area (Å²) in [5.74, 6) is 0.517. The number of fused-ring (bicyclic) bond motifs is 3. The van der Waals surface area contributed by atoms with Crippen LogP contribution in [0.5, 0.6) is 0 Å². The van der Waals surface area contributed by atoms with Crippen molar-refractivity contribution in [3.8, 4) is 0 Å². The molecule has 1 N–H and O–H groups in total. The van der Waals surface area contributed by atoms with Crippen molar-refractivity contribution in [3.63, 3.8) is 0 Å². The summed E-state index contributed by atoms with van der Waals surface area (Å²) in [6.07, 6.45) is 3.49. The molecule has 2 bridgehead atoms. The first-order valence-corrected chi connectivity index (χ1v) is 7.44. The molecule has 102 valence electrons. The van der Waals surface area contributed by atoms with E-state index in [2.05, 4.69) is 53.7 Å². The van der Waals surface area contributed by atoms with E-state index in [1.807, 2.05) is 0 Å². The lowest BCUT2D eigenvalue weighted by atomic mass is 9.81. The quantitative estimate of drug-likeness (QED) is 0.713. The molecule has 2 aromatic rings. The second kappa shape index (κ2) is 4.35. The lowest BCUT2D eigenvalue weighted by Crippen LogP contribution is -2.37. The molecule has 2 atom stereocenters. The van der Waals surface area contributed by atoms with Gasteiger partial charge in [0.1, 0.15) is 0 Å². The Hall–Kier alpha value is -1.80. The summed E-state index contributed by atoms with van der Waals surface area (Å²) >= 11 is 0. The van der Waals surface area contributed by atoms with Crippen LogP contribution in [0.2, 0.25) is 0 Å². The second-order valence-corrected chi connectivity index (χ2v) is 5.96. The normalized spacial score (nSPS) is 27.6. The molecule has 1 unspecified atom stereocenters. The molecular weight excluding hydrogens is 244 g/mol. The van der Waals surface area contributed by atoms with Gasteiger partial charge in [0.25, 0.3) is 0 Å². The minimum absolute atomic E-state index is 0.517. The molecule has 0 saturated carbocycles. The van der Waals surface area contributed by atoms with Crippen molar-refractivity contribution in [1.29, 1.82) is 0 Å². The predicted octanol–water partition coefficient (Wildman–Crippen LogP) is 3.96. The number of para-hydroxylation sites is 1. The maximum Gasteiger partial charge on any atom is 0.0469 e. The summed E-state index contributed by atoms with van der Waals surface area (Å²) in [5.41, 5.74) is 6.77. The van der Waals surface area contributed by atoms with E-state index < -0.39 is 0 Å². The van der Waals surface area contributed by atoms with Crippen LogP contribution < -0.4 is 0 Å². The zero-order chi connectivity index (χ0) is 13.7. The number of aromatic nitrogens is 1. The molecule has 0 aliphatic carbocycles. The molecule has 1 fully saturated rings. The minimum Gasteiger partial charge on any atom is -0.355 e. The van der Waals surface area contributed by atoms with E-state index in [0.717, 1.165) is 13.1 Å². The number of hydrogen-bond donors (Lipinski definition) is 1. The van der Waals surface area contributed by atoms with Gasteiger partial charge in [-0.05, 0) is 37.1 Å². The van der Waals surface area contributed by atoms with Gasteiger partial charge in [-0.2, -0.15) is 0 Å². The smallest absolute Gasteiger partial charge is 0.0469 e. The molecule has 2 nitrogen and oxygen atoms in total. The Bertz CT molecular complexity index is 720. The van der Waals surface area contributed by atoms with Gasteiger partial charge in [0.15, 0.2) is 0 Å². The van der Waals surface area contributed by atoms with Gasteiger partial charge < -0.3 is 4.98 Å². The SMILES string of the molecule is C=C1c2[nH]c3ccccc3c2CN2CC[C@@H]1/C(=C\C)C2. The molecule has 3 aliphatic rings. The highest BCUT2D eigenvalue weighted by atomic mass is 15.1. The second-order valence-electron chi connectivity index (χ2n) is 5.96. The Morgan fingerprint density at radius 2 is 2.15 bits per heavy atom. The summed E-state index contributed by atoms with van der Waals surface area (Å²) in [4.78, 5) is 6.18. The monoisotopic (exact) mass is 264 g/mol. The van der Waals surface area contributed by atoms with Crippen LogP contribution in [0.3, 0.4) is 0 Å². The van der Waals surface area contributed by atoms with E-state index in [4.69, 9.17) is 0 Å². The fourth-order valence-corrected chi connectivity index (χ4v) is 3.81. The molecule has 0 spiro atoms. The van der Waals surface area contributed by atoms with Gasteiger partial charge in [-0.15, -0.1) is 0 Å². The number of nitrogens with one attached hydrogen (secondary N) is 1. The fourth-order valence-electron chi connectivity index (χ4n) is 3.81. The summed E-state index contributed by atoms with van der Waals surface area (Å²) in [7, 11) is 0. The van der Waals surface area contributed by atoms with Gasteiger partial charge in [-0.1, -0.05) is 36.4 Å². The first-order chi connectivity index (χ1) is 9.78. The molecule has 1 saturated heterocycles. The Balaban J connectivity index is 1.95. The maximum absolute atomic E-state index is 4.44. The van der Waals surface area contributed by atoms with Crippen molar-refractivity contribution in [2.45, 2.75) is 19.9 Å². The maximum atomic E-state index is 4.44. The highest BCUT2D eigenvalue weighted by Gasteiger charge is 2.31. The summed E-state index contributed by atoms with van der Waals surface area (Å²) < 4.78 is 0. The van der Waals surface area contributed by atoms with Gasteiger partial charge in [0.05, 0.1) is 0 Å². The number of allylic oxidation sites excluding steroid dienone is 2. The topological polar surface area (TPSA) is 19.0 Å². The van der Waals surface area contributed by atoms with Crippen LogP contribution >= 0.6 is 0 Å². The van der Waals surface area contributed by atoms with Crippen LogP contribution in [0.25, 0.3) is 16.5 Å². The number of piperidine rings is 1. The summed E-state index contributed by atoms with van der Waals surface area (Å²) in [6, 6.07) is 8.62.